The van der Waals surface area contributed by atoms with E-state index in [-0.39, 0.29) is 5.02 Å². The van der Waals surface area contributed by atoms with E-state index in [0.29, 0.717) is 4.77 Å². The first-order valence-corrected chi connectivity index (χ1v) is 8.01. The van der Waals surface area contributed by atoms with E-state index >= 15 is 0 Å². The van der Waals surface area contributed by atoms with Gasteiger partial charge >= 0.3 is 0 Å². The quantitative estimate of drug-likeness (QED) is 0.743. The third kappa shape index (κ3) is 2.77. The number of aryl methyl sites for hydroxylation is 1. The highest BCUT2D eigenvalue weighted by Gasteiger charge is 2.15. The third-order valence-corrected chi connectivity index (χ3v) is 4.90. The van der Waals surface area contributed by atoms with E-state index in [2.05, 4.69) is 4.98 Å². The molecule has 2 aromatic rings. The highest BCUT2D eigenvalue weighted by Crippen LogP contribution is 2.29. The molecule has 1 heterocycles. The number of H-pyrrole nitrogens is 1. The summed E-state index contributed by atoms with van der Waals surface area (Å²) < 4.78 is 16.1. The van der Waals surface area contributed by atoms with Gasteiger partial charge in [-0.15, -0.1) is 0 Å². The summed E-state index contributed by atoms with van der Waals surface area (Å²) in [6.45, 7) is 0.872. The van der Waals surface area contributed by atoms with Crippen LogP contribution in [0.5, 0.6) is 0 Å². The SMILES string of the molecule is Fc1cc2[nH]c(=S)n(CCCC3CCCC3)c2cc1Cl. The van der Waals surface area contributed by atoms with Crippen LogP contribution in [0.2, 0.25) is 5.02 Å². The van der Waals surface area contributed by atoms with Gasteiger partial charge in [-0.2, -0.15) is 0 Å². The number of fused-ring (bicyclic) bond motifs is 1. The van der Waals surface area contributed by atoms with Crippen molar-refractivity contribution in [3.63, 3.8) is 0 Å². The Bertz CT molecular complexity index is 670. The minimum absolute atomic E-state index is 0.149. The van der Waals surface area contributed by atoms with Gasteiger partial charge in [-0.3, -0.25) is 0 Å². The van der Waals surface area contributed by atoms with Crippen molar-refractivity contribution in [1.82, 2.24) is 9.55 Å². The maximum atomic E-state index is 13.5. The van der Waals surface area contributed by atoms with E-state index in [0.717, 1.165) is 29.9 Å². The molecular weight excluding hydrogens is 295 g/mol. The number of hydrogen-bond donors (Lipinski definition) is 1. The molecule has 3 rings (SSSR count). The largest absolute Gasteiger partial charge is 0.330 e. The maximum absolute atomic E-state index is 13.5. The molecule has 5 heteroatoms. The molecule has 0 saturated heterocycles. The van der Waals surface area contributed by atoms with Crippen LogP contribution in [0.15, 0.2) is 12.1 Å². The number of aromatic amines is 1. The van der Waals surface area contributed by atoms with Crippen LogP contribution in [0.25, 0.3) is 11.0 Å². The van der Waals surface area contributed by atoms with Crippen LogP contribution in [0.1, 0.15) is 38.5 Å². The van der Waals surface area contributed by atoms with E-state index in [4.69, 9.17) is 23.8 Å². The van der Waals surface area contributed by atoms with E-state index in [1.807, 2.05) is 4.57 Å². The second-order valence-electron chi connectivity index (χ2n) is 5.66. The van der Waals surface area contributed by atoms with Gasteiger partial charge in [0, 0.05) is 12.6 Å². The molecule has 0 aliphatic heterocycles. The zero-order chi connectivity index (χ0) is 14.1. The normalized spacial score (nSPS) is 16.3. The molecule has 2 nitrogen and oxygen atoms in total. The van der Waals surface area contributed by atoms with Crippen LogP contribution >= 0.6 is 23.8 Å². The molecule has 20 heavy (non-hydrogen) atoms. The fraction of sp³-hybridized carbons (Fsp3) is 0.533. The molecule has 1 aliphatic rings. The number of aromatic nitrogens is 2. The van der Waals surface area contributed by atoms with Crippen molar-refractivity contribution in [2.75, 3.05) is 0 Å². The highest BCUT2D eigenvalue weighted by molar-refractivity contribution is 7.71. The van der Waals surface area contributed by atoms with Crippen molar-refractivity contribution >= 4 is 34.9 Å². The molecule has 0 radical (unpaired) electrons. The number of halogens is 2. The summed E-state index contributed by atoms with van der Waals surface area (Å²) in [5.41, 5.74) is 1.62. The van der Waals surface area contributed by atoms with Gasteiger partial charge in [0.15, 0.2) is 4.77 Å². The monoisotopic (exact) mass is 312 g/mol. The molecule has 1 N–H and O–H groups in total. The summed E-state index contributed by atoms with van der Waals surface area (Å²) in [4.78, 5) is 3.05. The Balaban J connectivity index is 1.78. The van der Waals surface area contributed by atoms with Gasteiger partial charge in [-0.25, -0.2) is 4.39 Å². The van der Waals surface area contributed by atoms with Crippen molar-refractivity contribution in [2.24, 2.45) is 5.92 Å². The van der Waals surface area contributed by atoms with E-state index < -0.39 is 5.82 Å². The zero-order valence-corrected chi connectivity index (χ0v) is 12.9. The Morgan fingerprint density at radius 2 is 2.10 bits per heavy atom. The lowest BCUT2D eigenvalue weighted by atomic mass is 10.0. The number of imidazole rings is 1. The maximum Gasteiger partial charge on any atom is 0.178 e. The molecule has 0 unspecified atom stereocenters. The first kappa shape index (κ1) is 14.1. The van der Waals surface area contributed by atoms with Gasteiger partial charge < -0.3 is 9.55 Å². The lowest BCUT2D eigenvalue weighted by molar-refractivity contribution is 0.460. The summed E-state index contributed by atoms with van der Waals surface area (Å²) in [5.74, 6) is 0.476. The molecule has 1 aliphatic carbocycles. The molecule has 108 valence electrons. The molecule has 1 aromatic carbocycles. The number of nitrogens with zero attached hydrogens (tertiary/aromatic N) is 1. The van der Waals surface area contributed by atoms with Crippen LogP contribution in [0, 0.1) is 16.5 Å². The van der Waals surface area contributed by atoms with Crippen LogP contribution in [0.3, 0.4) is 0 Å². The summed E-state index contributed by atoms with van der Waals surface area (Å²) >= 11 is 11.2. The van der Waals surface area contributed by atoms with Crippen molar-refractivity contribution < 1.29 is 4.39 Å². The Hall–Kier alpha value is -0.870. The fourth-order valence-electron chi connectivity index (χ4n) is 3.21. The Labute approximate surface area is 127 Å². The predicted molar refractivity (Wildman–Crippen MR) is 83.3 cm³/mol. The number of nitrogens with one attached hydrogen (secondary N) is 1. The van der Waals surface area contributed by atoms with Crippen LogP contribution < -0.4 is 0 Å². The zero-order valence-electron chi connectivity index (χ0n) is 11.3. The Morgan fingerprint density at radius 3 is 2.85 bits per heavy atom. The number of rotatable bonds is 4. The summed E-state index contributed by atoms with van der Waals surface area (Å²) in [5, 5.41) is 0.149. The standard InChI is InChI=1S/C15H18ClFN2S/c16-11-8-14-13(9-12(11)17)18-15(20)19(14)7-3-6-10-4-1-2-5-10/h8-10H,1-7H2,(H,18,20). The van der Waals surface area contributed by atoms with Crippen molar-refractivity contribution in [3.8, 4) is 0 Å². The van der Waals surface area contributed by atoms with Gasteiger partial charge in [0.05, 0.1) is 16.1 Å². The van der Waals surface area contributed by atoms with Crippen LogP contribution in [0.4, 0.5) is 4.39 Å². The Kier molecular flexibility index (Phi) is 4.13. The van der Waals surface area contributed by atoms with Gasteiger partial charge in [0.2, 0.25) is 0 Å². The average Bonchev–Trinajstić information content (AvgIpc) is 3.01. The number of benzene rings is 1. The fourth-order valence-corrected chi connectivity index (χ4v) is 3.67. The van der Waals surface area contributed by atoms with Crippen LogP contribution in [-0.4, -0.2) is 9.55 Å². The molecule has 0 bridgehead atoms. The van der Waals surface area contributed by atoms with Gasteiger partial charge in [-0.05, 0) is 37.0 Å². The molecule has 1 aromatic heterocycles. The second-order valence-corrected chi connectivity index (χ2v) is 6.45. The van der Waals surface area contributed by atoms with Crippen LogP contribution in [-0.2, 0) is 6.54 Å². The lowest BCUT2D eigenvalue weighted by Crippen LogP contribution is -2.01. The highest BCUT2D eigenvalue weighted by atomic mass is 35.5. The van der Waals surface area contributed by atoms with E-state index in [1.54, 1.807) is 6.07 Å². The van der Waals surface area contributed by atoms with Gasteiger partial charge in [0.25, 0.3) is 0 Å². The number of hydrogen-bond acceptors (Lipinski definition) is 1. The molecule has 0 spiro atoms. The van der Waals surface area contributed by atoms with E-state index in [1.165, 1.54) is 38.2 Å². The first-order chi connectivity index (χ1) is 9.65. The Morgan fingerprint density at radius 1 is 1.35 bits per heavy atom. The minimum Gasteiger partial charge on any atom is -0.330 e. The molecule has 1 saturated carbocycles. The smallest absolute Gasteiger partial charge is 0.178 e. The average molecular weight is 313 g/mol. The molecular formula is C15H18ClFN2S. The van der Waals surface area contributed by atoms with E-state index in [9.17, 15) is 4.39 Å². The first-order valence-electron chi connectivity index (χ1n) is 7.22. The summed E-state index contributed by atoms with van der Waals surface area (Å²) in [6, 6.07) is 3.08. The summed E-state index contributed by atoms with van der Waals surface area (Å²) in [6.07, 6.45) is 7.87. The van der Waals surface area contributed by atoms with Gasteiger partial charge in [0.1, 0.15) is 5.82 Å². The minimum atomic E-state index is -0.409. The summed E-state index contributed by atoms with van der Waals surface area (Å²) in [7, 11) is 0. The topological polar surface area (TPSA) is 20.7 Å². The third-order valence-electron chi connectivity index (χ3n) is 4.28. The van der Waals surface area contributed by atoms with Crippen molar-refractivity contribution in [2.45, 2.75) is 45.1 Å². The van der Waals surface area contributed by atoms with Gasteiger partial charge in [-0.1, -0.05) is 37.3 Å². The molecule has 0 atom stereocenters. The predicted octanol–water partition coefficient (Wildman–Crippen LogP) is 5.46. The molecule has 0 amide bonds. The van der Waals surface area contributed by atoms with Crippen molar-refractivity contribution in [3.05, 3.63) is 27.7 Å². The lowest BCUT2D eigenvalue weighted by Gasteiger charge is -2.09. The van der Waals surface area contributed by atoms with Crippen molar-refractivity contribution in [1.29, 1.82) is 0 Å². The molecule has 1 fully saturated rings. The second kappa shape index (κ2) is 5.86.